The number of carboxylic acid groups (broad SMARTS) is 1. The molecule has 0 bridgehead atoms. The molecule has 0 radical (unpaired) electrons. The van der Waals surface area contributed by atoms with Gasteiger partial charge in [0.05, 0.1) is 9.88 Å². The fourth-order valence-electron chi connectivity index (χ4n) is 1.13. The molecule has 2 heterocycles. The average Bonchev–Trinajstić information content (AvgIpc) is 2.85. The summed E-state index contributed by atoms with van der Waals surface area (Å²) in [5, 5.41) is 19.5. The summed E-state index contributed by atoms with van der Waals surface area (Å²) < 4.78 is 0. The van der Waals surface area contributed by atoms with Crippen LogP contribution in [0.3, 0.4) is 0 Å². The van der Waals surface area contributed by atoms with E-state index >= 15 is 0 Å². The van der Waals surface area contributed by atoms with Gasteiger partial charge in [-0.2, -0.15) is 10.3 Å². The van der Waals surface area contributed by atoms with Crippen LogP contribution >= 0.6 is 11.3 Å². The van der Waals surface area contributed by atoms with Gasteiger partial charge in [-0.1, -0.05) is 6.92 Å². The van der Waals surface area contributed by atoms with Gasteiger partial charge in [0.1, 0.15) is 5.69 Å². The Kier molecular flexibility index (Phi) is 2.46. The largest absolute Gasteiger partial charge is 0.476 e. The van der Waals surface area contributed by atoms with Crippen molar-refractivity contribution < 1.29 is 9.90 Å². The summed E-state index contributed by atoms with van der Waals surface area (Å²) in [7, 11) is 0. The van der Waals surface area contributed by atoms with E-state index < -0.39 is 5.97 Å². The van der Waals surface area contributed by atoms with Crippen molar-refractivity contribution in [3.05, 3.63) is 16.9 Å². The van der Waals surface area contributed by atoms with Crippen molar-refractivity contribution in [2.24, 2.45) is 0 Å². The van der Waals surface area contributed by atoms with Crippen LogP contribution in [0.5, 0.6) is 0 Å². The molecule has 0 saturated carbocycles. The molecule has 7 heteroatoms. The smallest absolute Gasteiger partial charge is 0.358 e. The Hall–Kier alpha value is -1.76. The first kappa shape index (κ1) is 9.78. The van der Waals surface area contributed by atoms with Crippen LogP contribution in [0.2, 0.25) is 0 Å². The van der Waals surface area contributed by atoms with Crippen LogP contribution < -0.4 is 0 Å². The highest BCUT2D eigenvalue weighted by molar-refractivity contribution is 7.15. The minimum absolute atomic E-state index is 0.0682. The summed E-state index contributed by atoms with van der Waals surface area (Å²) in [5.74, 6) is -1.09. The minimum Gasteiger partial charge on any atom is -0.476 e. The van der Waals surface area contributed by atoms with E-state index in [0.717, 1.165) is 16.3 Å². The first-order chi connectivity index (χ1) is 7.22. The van der Waals surface area contributed by atoms with Crippen molar-refractivity contribution in [1.29, 1.82) is 0 Å². The highest BCUT2D eigenvalue weighted by atomic mass is 32.1. The van der Waals surface area contributed by atoms with Crippen LogP contribution in [-0.2, 0) is 6.42 Å². The normalized spacial score (nSPS) is 10.5. The standard InChI is InChI=1S/C8H8N4O2S/c1-2-5-9-3-4(15-5)6-7(8(13)14)11-12-10-6/h3H,2H2,1H3,(H,13,14)(H,10,11,12). The summed E-state index contributed by atoms with van der Waals surface area (Å²) in [4.78, 5) is 15.6. The second kappa shape index (κ2) is 3.77. The molecule has 6 nitrogen and oxygen atoms in total. The number of aromatic carboxylic acids is 1. The molecule has 0 aromatic carbocycles. The van der Waals surface area contributed by atoms with Crippen LogP contribution in [0.1, 0.15) is 22.4 Å². The number of hydrogen-bond donors (Lipinski definition) is 2. The topological polar surface area (TPSA) is 91.8 Å². The Morgan fingerprint density at radius 2 is 2.40 bits per heavy atom. The van der Waals surface area contributed by atoms with Gasteiger partial charge in [0.2, 0.25) is 0 Å². The summed E-state index contributed by atoms with van der Waals surface area (Å²) >= 11 is 1.43. The SMILES string of the molecule is CCc1ncc(-c2n[nH]nc2C(=O)O)s1. The quantitative estimate of drug-likeness (QED) is 0.817. The van der Waals surface area contributed by atoms with Crippen molar-refractivity contribution in [2.45, 2.75) is 13.3 Å². The summed E-state index contributed by atoms with van der Waals surface area (Å²) in [6.45, 7) is 1.99. The lowest BCUT2D eigenvalue weighted by Gasteiger charge is -1.89. The lowest BCUT2D eigenvalue weighted by atomic mass is 10.3. The van der Waals surface area contributed by atoms with Crippen LogP contribution in [0.4, 0.5) is 0 Å². The second-order valence-electron chi connectivity index (χ2n) is 2.80. The number of aryl methyl sites for hydroxylation is 1. The van der Waals surface area contributed by atoms with Crippen molar-refractivity contribution in [2.75, 3.05) is 0 Å². The number of carboxylic acids is 1. The highest BCUT2D eigenvalue weighted by Crippen LogP contribution is 2.26. The Morgan fingerprint density at radius 3 is 3.00 bits per heavy atom. The molecule has 0 unspecified atom stereocenters. The summed E-state index contributed by atoms with van der Waals surface area (Å²) in [5.41, 5.74) is 0.279. The molecule has 15 heavy (non-hydrogen) atoms. The third kappa shape index (κ3) is 1.73. The molecule has 2 aromatic rings. The van der Waals surface area contributed by atoms with E-state index in [9.17, 15) is 4.79 Å². The van der Waals surface area contributed by atoms with Crippen molar-refractivity contribution in [1.82, 2.24) is 20.4 Å². The molecular formula is C8H8N4O2S. The zero-order valence-corrected chi connectivity index (χ0v) is 8.71. The zero-order chi connectivity index (χ0) is 10.8. The highest BCUT2D eigenvalue weighted by Gasteiger charge is 2.18. The van der Waals surface area contributed by atoms with Gasteiger partial charge in [0.15, 0.2) is 5.69 Å². The number of aromatic nitrogens is 4. The van der Waals surface area contributed by atoms with Gasteiger partial charge in [-0.3, -0.25) is 0 Å². The number of nitrogens with zero attached hydrogens (tertiary/aromatic N) is 3. The second-order valence-corrected chi connectivity index (χ2v) is 3.91. The molecule has 0 atom stereocenters. The van der Waals surface area contributed by atoms with Gasteiger partial charge in [-0.25, -0.2) is 9.78 Å². The maximum Gasteiger partial charge on any atom is 0.358 e. The Labute approximate surface area is 89.0 Å². The molecule has 0 saturated heterocycles. The zero-order valence-electron chi connectivity index (χ0n) is 7.89. The number of hydrogen-bond acceptors (Lipinski definition) is 5. The minimum atomic E-state index is -1.09. The molecule has 78 valence electrons. The number of H-pyrrole nitrogens is 1. The molecule has 2 aromatic heterocycles. The first-order valence-electron chi connectivity index (χ1n) is 4.31. The lowest BCUT2D eigenvalue weighted by Crippen LogP contribution is -1.98. The van der Waals surface area contributed by atoms with Gasteiger partial charge in [0, 0.05) is 6.20 Å². The van der Waals surface area contributed by atoms with E-state index in [1.807, 2.05) is 6.92 Å². The molecule has 0 spiro atoms. The molecule has 0 aliphatic carbocycles. The third-order valence-corrected chi connectivity index (χ3v) is 2.99. The maximum absolute atomic E-state index is 10.8. The number of thiazole rings is 1. The van der Waals surface area contributed by atoms with Gasteiger partial charge in [-0.15, -0.1) is 16.4 Å². The van der Waals surface area contributed by atoms with Crippen molar-refractivity contribution in [3.63, 3.8) is 0 Å². The average molecular weight is 224 g/mol. The monoisotopic (exact) mass is 224 g/mol. The predicted octanol–water partition coefficient (Wildman–Crippen LogP) is 1.19. The van der Waals surface area contributed by atoms with Crippen LogP contribution in [-0.4, -0.2) is 31.5 Å². The Balaban J connectivity index is 2.44. The van der Waals surface area contributed by atoms with Crippen LogP contribution in [0.15, 0.2) is 6.20 Å². The molecule has 0 aliphatic heterocycles. The van der Waals surface area contributed by atoms with E-state index in [-0.39, 0.29) is 5.69 Å². The maximum atomic E-state index is 10.8. The van der Waals surface area contributed by atoms with Gasteiger partial charge in [0.25, 0.3) is 0 Å². The fraction of sp³-hybridized carbons (Fsp3) is 0.250. The van der Waals surface area contributed by atoms with Gasteiger partial charge in [-0.05, 0) is 6.42 Å². The van der Waals surface area contributed by atoms with E-state index in [1.54, 1.807) is 6.20 Å². The van der Waals surface area contributed by atoms with Gasteiger partial charge >= 0.3 is 5.97 Å². The molecule has 0 aliphatic rings. The number of rotatable bonds is 3. The number of carbonyl (C=O) groups is 1. The third-order valence-electron chi connectivity index (χ3n) is 1.84. The Morgan fingerprint density at radius 1 is 1.60 bits per heavy atom. The van der Waals surface area contributed by atoms with E-state index in [2.05, 4.69) is 20.4 Å². The fourth-order valence-corrected chi connectivity index (χ4v) is 1.98. The molecule has 2 N–H and O–H groups in total. The summed E-state index contributed by atoms with van der Waals surface area (Å²) in [6.07, 6.45) is 2.44. The Bertz CT molecular complexity index is 490. The van der Waals surface area contributed by atoms with Crippen molar-refractivity contribution in [3.8, 4) is 10.6 Å². The molecule has 0 amide bonds. The van der Waals surface area contributed by atoms with E-state index in [0.29, 0.717) is 5.69 Å². The van der Waals surface area contributed by atoms with Crippen LogP contribution in [0.25, 0.3) is 10.6 Å². The van der Waals surface area contributed by atoms with E-state index in [1.165, 1.54) is 11.3 Å². The molecule has 2 rings (SSSR count). The van der Waals surface area contributed by atoms with E-state index in [4.69, 9.17) is 5.11 Å². The van der Waals surface area contributed by atoms with Crippen molar-refractivity contribution >= 4 is 17.3 Å². The van der Waals surface area contributed by atoms with Gasteiger partial charge < -0.3 is 5.11 Å². The molecular weight excluding hydrogens is 216 g/mol. The first-order valence-corrected chi connectivity index (χ1v) is 5.13. The predicted molar refractivity (Wildman–Crippen MR) is 53.8 cm³/mol. The molecule has 0 fully saturated rings. The number of nitrogens with one attached hydrogen (secondary N) is 1. The summed E-state index contributed by atoms with van der Waals surface area (Å²) in [6, 6.07) is 0. The van der Waals surface area contributed by atoms with Crippen LogP contribution in [0, 0.1) is 0 Å². The number of aromatic amines is 1. The lowest BCUT2D eigenvalue weighted by molar-refractivity contribution is 0.0691.